The van der Waals surface area contributed by atoms with E-state index in [2.05, 4.69) is 16.9 Å². The molecule has 0 aliphatic carbocycles. The molecule has 4 N–H and O–H groups in total. The number of hydrogen-bond donors (Lipinski definition) is 4. The molecule has 5 rings (SSSR count). The monoisotopic (exact) mass is 556 g/mol. The highest BCUT2D eigenvalue weighted by Gasteiger charge is 2.52. The number of nitrogens with one attached hydrogen (secondary N) is 2. The topological polar surface area (TPSA) is 126 Å². The number of amides is 3. The molecule has 214 valence electrons. The van der Waals surface area contributed by atoms with Gasteiger partial charge in [0.25, 0.3) is 5.91 Å². The van der Waals surface area contributed by atoms with Crippen molar-refractivity contribution in [2.24, 2.45) is 5.92 Å². The molecule has 1 fully saturated rings. The molecule has 9 nitrogen and oxygen atoms in total. The predicted molar refractivity (Wildman–Crippen MR) is 158 cm³/mol. The zero-order valence-electron chi connectivity index (χ0n) is 23.2. The van der Waals surface area contributed by atoms with Gasteiger partial charge in [-0.15, -0.1) is 6.58 Å². The van der Waals surface area contributed by atoms with Crippen LogP contribution in [0, 0.1) is 5.92 Å². The molecule has 9 heteroatoms. The van der Waals surface area contributed by atoms with Gasteiger partial charge in [0.2, 0.25) is 11.8 Å². The zero-order valence-corrected chi connectivity index (χ0v) is 23.2. The first-order valence-corrected chi connectivity index (χ1v) is 14.0. The Morgan fingerprint density at radius 3 is 2.85 bits per heavy atom. The maximum Gasteiger partial charge on any atom is 0.264 e. The summed E-state index contributed by atoms with van der Waals surface area (Å²) in [6.45, 7) is 6.26. The summed E-state index contributed by atoms with van der Waals surface area (Å²) in [6, 6.07) is 12.7. The van der Waals surface area contributed by atoms with E-state index in [1.54, 1.807) is 48.3 Å². The minimum Gasteiger partial charge on any atom is -0.394 e. The van der Waals surface area contributed by atoms with Crippen LogP contribution in [0.1, 0.15) is 37.3 Å². The Morgan fingerprint density at radius 1 is 1.27 bits per heavy atom. The van der Waals surface area contributed by atoms with E-state index < -0.39 is 17.4 Å². The number of H-pyrrole nitrogens is 1. The van der Waals surface area contributed by atoms with Crippen LogP contribution in [0.15, 0.2) is 73.5 Å². The molecule has 2 aromatic carbocycles. The van der Waals surface area contributed by atoms with Gasteiger partial charge in [-0.25, -0.2) is 0 Å². The fourth-order valence-corrected chi connectivity index (χ4v) is 5.97. The third kappa shape index (κ3) is 5.30. The lowest BCUT2D eigenvalue weighted by Gasteiger charge is -2.27. The molecule has 2 aliphatic rings. The summed E-state index contributed by atoms with van der Waals surface area (Å²) in [7, 11) is 0. The summed E-state index contributed by atoms with van der Waals surface area (Å²) in [4.78, 5) is 45.6. The van der Waals surface area contributed by atoms with Gasteiger partial charge >= 0.3 is 0 Å². The average Bonchev–Trinajstić information content (AvgIpc) is 3.67. The number of rotatable bonds is 10. The van der Waals surface area contributed by atoms with Crippen molar-refractivity contribution in [3.05, 3.63) is 84.6 Å². The lowest BCUT2D eigenvalue weighted by Crippen LogP contribution is -2.44. The molecular formula is C32H36N4O5. The van der Waals surface area contributed by atoms with Crippen LogP contribution in [0.4, 0.5) is 11.4 Å². The SMILES string of the molecule is C=CCN1C(=O)[C@@](O)([C@@H](C)/C=C/CC(=O)N2CCC[C@H]2CO)c2cc(NC(=O)Cc3c[nH]c4ccccc34)ccc21. The Bertz CT molecular complexity index is 1510. The molecule has 1 aromatic heterocycles. The molecule has 1 saturated heterocycles. The van der Waals surface area contributed by atoms with Gasteiger partial charge < -0.3 is 30.3 Å². The number of aliphatic hydroxyl groups is 2. The molecule has 3 atom stereocenters. The average molecular weight is 557 g/mol. The van der Waals surface area contributed by atoms with Crippen LogP contribution in [-0.4, -0.2) is 63.6 Å². The van der Waals surface area contributed by atoms with Gasteiger partial charge in [0, 0.05) is 53.8 Å². The Labute approximate surface area is 239 Å². The van der Waals surface area contributed by atoms with Gasteiger partial charge in [-0.3, -0.25) is 14.4 Å². The molecule has 0 radical (unpaired) electrons. The van der Waals surface area contributed by atoms with Gasteiger partial charge in [-0.1, -0.05) is 43.4 Å². The van der Waals surface area contributed by atoms with Crippen molar-refractivity contribution in [3.8, 4) is 0 Å². The van der Waals surface area contributed by atoms with Crippen molar-refractivity contribution in [1.29, 1.82) is 0 Å². The molecule has 41 heavy (non-hydrogen) atoms. The Hall–Kier alpha value is -4.21. The number of anilines is 2. The van der Waals surface area contributed by atoms with Crippen LogP contribution in [0.2, 0.25) is 0 Å². The molecule has 3 amide bonds. The second-order valence-electron chi connectivity index (χ2n) is 10.8. The van der Waals surface area contributed by atoms with Crippen LogP contribution < -0.4 is 10.2 Å². The first-order chi connectivity index (χ1) is 19.8. The summed E-state index contributed by atoms with van der Waals surface area (Å²) < 4.78 is 0. The van der Waals surface area contributed by atoms with Gasteiger partial charge in [0.1, 0.15) is 0 Å². The number of carbonyl (C=O) groups excluding carboxylic acids is 3. The molecule has 0 spiro atoms. The molecule has 0 unspecified atom stereocenters. The maximum absolute atomic E-state index is 13.6. The predicted octanol–water partition coefficient (Wildman–Crippen LogP) is 3.64. The van der Waals surface area contributed by atoms with Crippen LogP contribution in [0.5, 0.6) is 0 Å². The number of likely N-dealkylation sites (tertiary alicyclic amines) is 1. The highest BCUT2D eigenvalue weighted by Crippen LogP contribution is 2.46. The lowest BCUT2D eigenvalue weighted by atomic mass is 9.82. The summed E-state index contributed by atoms with van der Waals surface area (Å²) in [5.41, 5.74) is 1.34. The quantitative estimate of drug-likeness (QED) is 0.284. The lowest BCUT2D eigenvalue weighted by molar-refractivity contribution is -0.139. The minimum absolute atomic E-state index is 0.0588. The number of para-hydroxylation sites is 1. The van der Waals surface area contributed by atoms with Crippen LogP contribution >= 0.6 is 0 Å². The Balaban J connectivity index is 1.35. The molecule has 3 heterocycles. The number of aromatic nitrogens is 1. The maximum atomic E-state index is 13.6. The van der Waals surface area contributed by atoms with Crippen molar-refractivity contribution >= 4 is 40.0 Å². The summed E-state index contributed by atoms with van der Waals surface area (Å²) >= 11 is 0. The zero-order chi connectivity index (χ0) is 29.1. The van der Waals surface area contributed by atoms with Crippen LogP contribution in [0.25, 0.3) is 10.9 Å². The third-order valence-electron chi connectivity index (χ3n) is 8.17. The van der Waals surface area contributed by atoms with Crippen LogP contribution in [-0.2, 0) is 26.4 Å². The van der Waals surface area contributed by atoms with E-state index in [0.29, 0.717) is 23.5 Å². The highest BCUT2D eigenvalue weighted by atomic mass is 16.3. The highest BCUT2D eigenvalue weighted by molar-refractivity contribution is 6.08. The van der Waals surface area contributed by atoms with Gasteiger partial charge in [0.05, 0.1) is 24.8 Å². The number of fused-ring (bicyclic) bond motifs is 2. The smallest absolute Gasteiger partial charge is 0.264 e. The number of hydrogen-bond acceptors (Lipinski definition) is 5. The molecular weight excluding hydrogens is 520 g/mol. The number of aromatic amines is 1. The largest absolute Gasteiger partial charge is 0.394 e. The van der Waals surface area contributed by atoms with Gasteiger partial charge in [-0.2, -0.15) is 0 Å². The Morgan fingerprint density at radius 2 is 2.07 bits per heavy atom. The van der Waals surface area contributed by atoms with E-state index in [9.17, 15) is 24.6 Å². The van der Waals surface area contributed by atoms with E-state index in [1.165, 1.54) is 4.90 Å². The normalized spacial score (nSPS) is 21.0. The van der Waals surface area contributed by atoms with E-state index >= 15 is 0 Å². The Kier molecular flexibility index (Phi) is 8.10. The summed E-state index contributed by atoms with van der Waals surface area (Å²) in [5.74, 6) is -1.47. The molecule has 2 aliphatic heterocycles. The second kappa shape index (κ2) is 11.7. The van der Waals surface area contributed by atoms with Gasteiger partial charge in [0.15, 0.2) is 5.60 Å². The van der Waals surface area contributed by atoms with Crippen molar-refractivity contribution in [1.82, 2.24) is 9.88 Å². The van der Waals surface area contributed by atoms with Crippen molar-refractivity contribution in [2.75, 3.05) is 29.9 Å². The summed E-state index contributed by atoms with van der Waals surface area (Å²) in [5, 5.41) is 25.3. The van der Waals surface area contributed by atoms with Crippen LogP contribution in [0.3, 0.4) is 0 Å². The number of nitrogens with zero attached hydrogens (tertiary/aromatic N) is 2. The molecule has 0 saturated carbocycles. The van der Waals surface area contributed by atoms with Crippen molar-refractivity contribution < 1.29 is 24.6 Å². The number of carbonyl (C=O) groups is 3. The first kappa shape index (κ1) is 28.3. The standard InChI is InChI=1S/C32H36N4O5/c1-3-15-36-28-14-13-23(34-29(38)17-22-19-33-27-11-5-4-10-25(22)27)18-26(28)32(41,31(36)40)21(2)8-6-12-30(39)35-16-7-9-24(35)20-37/h3-6,8,10-11,13-14,18-19,21,24,33,37,41H,1,7,9,12,15-17,20H2,2H3,(H,34,38)/b8-6+/t21-,24-,32+/m0/s1. The summed E-state index contributed by atoms with van der Waals surface area (Å²) in [6.07, 6.45) is 8.69. The van der Waals surface area contributed by atoms with Crippen molar-refractivity contribution in [2.45, 2.75) is 44.2 Å². The number of aliphatic hydroxyl groups excluding tert-OH is 1. The molecule has 3 aromatic rings. The minimum atomic E-state index is -1.89. The van der Waals surface area contributed by atoms with E-state index in [0.717, 1.165) is 29.3 Å². The third-order valence-corrected chi connectivity index (χ3v) is 8.17. The van der Waals surface area contributed by atoms with Gasteiger partial charge in [-0.05, 0) is 42.7 Å². The fourth-order valence-electron chi connectivity index (χ4n) is 5.97. The first-order valence-electron chi connectivity index (χ1n) is 14.0. The van der Waals surface area contributed by atoms with E-state index in [4.69, 9.17) is 0 Å². The van der Waals surface area contributed by atoms with E-state index in [-0.39, 0.29) is 43.8 Å². The second-order valence-corrected chi connectivity index (χ2v) is 10.8. The van der Waals surface area contributed by atoms with Crippen molar-refractivity contribution in [3.63, 3.8) is 0 Å². The fraction of sp³-hybridized carbons (Fsp3) is 0.344. The number of benzene rings is 2. The molecule has 0 bridgehead atoms. The van der Waals surface area contributed by atoms with E-state index in [1.807, 2.05) is 30.5 Å².